The molecule has 1 aromatic heterocycles. The van der Waals surface area contributed by atoms with Gasteiger partial charge in [0.1, 0.15) is 29.6 Å². The van der Waals surface area contributed by atoms with Gasteiger partial charge in [-0.3, -0.25) is 23.9 Å². The fraction of sp³-hybridized carbons (Fsp3) is 0.433. The first kappa shape index (κ1) is 31.7. The second-order valence-electron chi connectivity index (χ2n) is 10.5. The van der Waals surface area contributed by atoms with Crippen LogP contribution < -0.4 is 20.9 Å². The van der Waals surface area contributed by atoms with Gasteiger partial charge in [-0.05, 0) is 68.0 Å². The molecule has 1 saturated carbocycles. The summed E-state index contributed by atoms with van der Waals surface area (Å²) in [5.41, 5.74) is 0.745. The van der Waals surface area contributed by atoms with Crippen molar-refractivity contribution in [3.8, 4) is 0 Å². The standard InChI is InChI=1S/C30H37N5O7S/c1-2-7-24(28(38)34-43(41)22-12-13-22)33-29(39)25-9-6-16-35(25)26(36)19-32-30(40)42-17-5-3-4-8-20-10-11-21-14-15-31-27(37)23(21)18-20/h2,4,8,10-11,14-15,18,22,24-25H,1,3,5-7,9,12-13,16-17,19H2,(H,31,37)(H,32,40)(H,33,39)(H,34,38)/b8-4+. The molecule has 1 aromatic carbocycles. The van der Waals surface area contributed by atoms with Crippen LogP contribution in [0.25, 0.3) is 16.8 Å². The Balaban J connectivity index is 1.16. The molecule has 4 rings (SSSR count). The second-order valence-corrected chi connectivity index (χ2v) is 11.9. The van der Waals surface area contributed by atoms with Crippen LogP contribution in [0.4, 0.5) is 4.79 Å². The number of aromatic amines is 1. The Morgan fingerprint density at radius 1 is 1.19 bits per heavy atom. The molecule has 0 bridgehead atoms. The Labute approximate surface area is 251 Å². The molecule has 0 radical (unpaired) electrons. The van der Waals surface area contributed by atoms with Crippen LogP contribution in [0.15, 0.2) is 54.0 Å². The Bertz CT molecular complexity index is 1470. The third-order valence-corrected chi connectivity index (χ3v) is 8.66. The van der Waals surface area contributed by atoms with Crippen molar-refractivity contribution in [1.29, 1.82) is 0 Å². The minimum Gasteiger partial charge on any atom is -0.450 e. The van der Waals surface area contributed by atoms with Crippen LogP contribution >= 0.6 is 0 Å². The van der Waals surface area contributed by atoms with E-state index in [2.05, 4.69) is 26.9 Å². The predicted octanol–water partition coefficient (Wildman–Crippen LogP) is 2.04. The van der Waals surface area contributed by atoms with Crippen LogP contribution in [0.5, 0.6) is 0 Å². The average Bonchev–Trinajstić information content (AvgIpc) is 3.73. The van der Waals surface area contributed by atoms with Crippen molar-refractivity contribution in [3.63, 3.8) is 0 Å². The highest BCUT2D eigenvalue weighted by Crippen LogP contribution is 2.25. The largest absolute Gasteiger partial charge is 0.450 e. The summed E-state index contributed by atoms with van der Waals surface area (Å²) in [6.07, 6.45) is 10.1. The van der Waals surface area contributed by atoms with Crippen molar-refractivity contribution in [3.05, 3.63) is 65.1 Å². The maximum absolute atomic E-state index is 13.0. The molecule has 1 aliphatic carbocycles. The van der Waals surface area contributed by atoms with Crippen molar-refractivity contribution in [2.45, 2.75) is 62.3 Å². The summed E-state index contributed by atoms with van der Waals surface area (Å²) < 4.78 is 19.7. The van der Waals surface area contributed by atoms with E-state index in [1.807, 2.05) is 36.4 Å². The van der Waals surface area contributed by atoms with E-state index in [-0.39, 0.29) is 30.4 Å². The molecule has 1 saturated heterocycles. The number of ether oxygens (including phenoxy) is 1. The number of hydrogen-bond donors (Lipinski definition) is 4. The van der Waals surface area contributed by atoms with Crippen molar-refractivity contribution in [2.75, 3.05) is 19.7 Å². The van der Waals surface area contributed by atoms with E-state index in [9.17, 15) is 28.2 Å². The summed E-state index contributed by atoms with van der Waals surface area (Å²) in [7, 11) is -1.49. The summed E-state index contributed by atoms with van der Waals surface area (Å²) in [6, 6.07) is 5.72. The molecule has 12 nitrogen and oxygen atoms in total. The number of allylic oxidation sites excluding steroid dienone is 1. The van der Waals surface area contributed by atoms with Gasteiger partial charge in [0, 0.05) is 18.1 Å². The Hall–Kier alpha value is -4.26. The monoisotopic (exact) mass is 611 g/mol. The molecule has 43 heavy (non-hydrogen) atoms. The number of hydrogen-bond acceptors (Lipinski definition) is 7. The number of unbranched alkanes of at least 4 members (excludes halogenated alkanes) is 1. The molecule has 0 spiro atoms. The third-order valence-electron chi connectivity index (χ3n) is 7.18. The van der Waals surface area contributed by atoms with E-state index >= 15 is 0 Å². The van der Waals surface area contributed by atoms with Crippen molar-refractivity contribution in [1.82, 2.24) is 25.2 Å². The van der Waals surface area contributed by atoms with Crippen LogP contribution in [0.1, 0.15) is 50.5 Å². The first-order chi connectivity index (χ1) is 20.8. The highest BCUT2D eigenvalue weighted by molar-refractivity contribution is 7.84. The number of fused-ring (bicyclic) bond motifs is 1. The lowest BCUT2D eigenvalue weighted by molar-refractivity contribution is -0.138. The molecular weight excluding hydrogens is 574 g/mol. The first-order valence-corrected chi connectivity index (χ1v) is 15.6. The summed E-state index contributed by atoms with van der Waals surface area (Å²) in [5, 5.41) is 6.52. The van der Waals surface area contributed by atoms with Gasteiger partial charge in [0.2, 0.25) is 11.8 Å². The van der Waals surface area contributed by atoms with Crippen molar-refractivity contribution in [2.24, 2.45) is 0 Å². The highest BCUT2D eigenvalue weighted by atomic mass is 32.2. The number of alkyl carbamates (subject to hydrolysis) is 1. The summed E-state index contributed by atoms with van der Waals surface area (Å²) in [6.45, 7) is 3.78. The van der Waals surface area contributed by atoms with Gasteiger partial charge in [-0.25, -0.2) is 9.00 Å². The molecule has 4 amide bonds. The summed E-state index contributed by atoms with van der Waals surface area (Å²) in [5.74, 6) is -1.48. The molecule has 3 atom stereocenters. The van der Waals surface area contributed by atoms with Crippen LogP contribution in [-0.4, -0.2) is 74.9 Å². The molecule has 13 heteroatoms. The first-order valence-electron chi connectivity index (χ1n) is 14.4. The van der Waals surface area contributed by atoms with Gasteiger partial charge in [-0.15, -0.1) is 6.58 Å². The van der Waals surface area contributed by atoms with Crippen LogP contribution in [0.2, 0.25) is 0 Å². The second kappa shape index (κ2) is 15.3. The number of nitrogens with one attached hydrogen (secondary N) is 4. The lowest BCUT2D eigenvalue weighted by Gasteiger charge is -2.26. The number of amides is 4. The topological polar surface area (TPSA) is 167 Å². The minimum absolute atomic E-state index is 0.0434. The zero-order valence-electron chi connectivity index (χ0n) is 23.8. The van der Waals surface area contributed by atoms with E-state index < -0.39 is 46.9 Å². The van der Waals surface area contributed by atoms with Gasteiger partial charge in [-0.2, -0.15) is 0 Å². The zero-order valence-corrected chi connectivity index (χ0v) is 24.7. The lowest BCUT2D eigenvalue weighted by Crippen LogP contribution is -2.54. The number of rotatable bonds is 14. The van der Waals surface area contributed by atoms with Gasteiger partial charge < -0.3 is 25.3 Å². The van der Waals surface area contributed by atoms with Gasteiger partial charge >= 0.3 is 6.09 Å². The molecule has 2 heterocycles. The molecule has 2 fully saturated rings. The maximum Gasteiger partial charge on any atom is 0.407 e. The minimum atomic E-state index is -1.49. The number of nitrogens with zero attached hydrogens (tertiary/aromatic N) is 1. The molecular formula is C30H37N5O7S. The number of carbonyl (C=O) groups excluding carboxylic acids is 4. The third kappa shape index (κ3) is 9.11. The lowest BCUT2D eigenvalue weighted by atomic mass is 10.1. The van der Waals surface area contributed by atoms with E-state index in [0.29, 0.717) is 37.6 Å². The van der Waals surface area contributed by atoms with Gasteiger partial charge in [0.25, 0.3) is 11.5 Å². The number of H-pyrrole nitrogens is 1. The zero-order chi connectivity index (χ0) is 30.8. The predicted molar refractivity (Wildman–Crippen MR) is 163 cm³/mol. The summed E-state index contributed by atoms with van der Waals surface area (Å²) in [4.78, 5) is 66.4. The fourth-order valence-corrected chi connectivity index (χ4v) is 5.80. The highest BCUT2D eigenvalue weighted by Gasteiger charge is 2.36. The smallest absolute Gasteiger partial charge is 0.407 e. The SMILES string of the molecule is C=CCC(NC(=O)C1CCCN1C(=O)CNC(=O)OCCC/C=C/c1ccc2cc[nH]c(=O)c2c1)C(=O)NS(=O)C1CC1. The Kier molecular flexibility index (Phi) is 11.3. The normalized spacial score (nSPS) is 17.8. The molecule has 2 aromatic rings. The number of pyridine rings is 1. The average molecular weight is 612 g/mol. The summed E-state index contributed by atoms with van der Waals surface area (Å²) >= 11 is 0. The van der Waals surface area contributed by atoms with E-state index in [1.54, 1.807) is 6.20 Å². The van der Waals surface area contributed by atoms with E-state index in [1.165, 1.54) is 11.0 Å². The van der Waals surface area contributed by atoms with E-state index in [4.69, 9.17) is 4.74 Å². The van der Waals surface area contributed by atoms with Crippen LogP contribution in [-0.2, 0) is 30.1 Å². The number of likely N-dealkylation sites (tertiary alicyclic amines) is 1. The molecule has 4 N–H and O–H groups in total. The quantitative estimate of drug-likeness (QED) is 0.187. The maximum atomic E-state index is 13.0. The van der Waals surface area contributed by atoms with Crippen LogP contribution in [0, 0.1) is 0 Å². The number of carbonyl (C=O) groups is 4. The van der Waals surface area contributed by atoms with Crippen molar-refractivity contribution >= 4 is 51.6 Å². The molecule has 230 valence electrons. The van der Waals surface area contributed by atoms with Crippen molar-refractivity contribution < 1.29 is 28.1 Å². The Morgan fingerprint density at radius 2 is 2.00 bits per heavy atom. The van der Waals surface area contributed by atoms with Gasteiger partial charge in [-0.1, -0.05) is 30.4 Å². The molecule has 2 aliphatic rings. The van der Waals surface area contributed by atoms with Gasteiger partial charge in [0.15, 0.2) is 0 Å². The van der Waals surface area contributed by atoms with Gasteiger partial charge in [0.05, 0.1) is 11.9 Å². The van der Waals surface area contributed by atoms with Crippen LogP contribution in [0.3, 0.4) is 0 Å². The van der Waals surface area contributed by atoms with E-state index in [0.717, 1.165) is 23.8 Å². The number of benzene rings is 1. The molecule has 3 unspecified atom stereocenters. The Morgan fingerprint density at radius 3 is 2.77 bits per heavy atom. The molecule has 1 aliphatic heterocycles. The fourth-order valence-electron chi connectivity index (χ4n) is 4.73. The number of aromatic nitrogens is 1.